The second-order valence-corrected chi connectivity index (χ2v) is 9.34. The first kappa shape index (κ1) is 27.5. The number of halogens is 1. The Morgan fingerprint density at radius 2 is 1.72 bits per heavy atom. The van der Waals surface area contributed by atoms with Gasteiger partial charge in [-0.2, -0.15) is 0 Å². The normalized spacial score (nSPS) is 11.8. The number of anilines is 1. The summed E-state index contributed by atoms with van der Waals surface area (Å²) in [7, 11) is 0. The molecule has 0 bridgehead atoms. The highest BCUT2D eigenvalue weighted by Crippen LogP contribution is 2.23. The minimum atomic E-state index is -1.54. The van der Waals surface area contributed by atoms with Crippen LogP contribution < -0.4 is 21.3 Å². The molecule has 0 saturated heterocycles. The van der Waals surface area contributed by atoms with Gasteiger partial charge in [0.25, 0.3) is 5.91 Å². The summed E-state index contributed by atoms with van der Waals surface area (Å²) in [5.74, 6) is 0.0517. The van der Waals surface area contributed by atoms with Crippen LogP contribution in [0.2, 0.25) is 0 Å². The molecule has 11 heteroatoms. The average molecular weight is 534 g/mol. The lowest BCUT2D eigenvalue weighted by atomic mass is 10.2. The number of carbonyl (C=O) groups excluding carboxylic acids is 2. The summed E-state index contributed by atoms with van der Waals surface area (Å²) >= 11 is 0. The molecule has 39 heavy (non-hydrogen) atoms. The number of hydrogen-bond acceptors (Lipinski definition) is 6. The molecule has 4 rings (SSSR count). The van der Waals surface area contributed by atoms with Gasteiger partial charge in [0.05, 0.1) is 24.4 Å². The van der Waals surface area contributed by atoms with Gasteiger partial charge in [0, 0.05) is 49.2 Å². The molecule has 5 N–H and O–H groups in total. The quantitative estimate of drug-likeness (QED) is 0.201. The molecule has 0 spiro atoms. The SMILES string of the molecule is CC(C)Nc1cc(-n2ccc3cc(CNC(=O)NCc4ccccc4)cnc32)ncc1C(=O)NC[C@@H](F)CO. The molecule has 4 aromatic rings. The molecule has 204 valence electrons. The highest BCUT2D eigenvalue weighted by molar-refractivity contribution is 5.99. The second kappa shape index (κ2) is 12.8. The molecule has 0 aliphatic heterocycles. The molecule has 0 aliphatic carbocycles. The first-order chi connectivity index (χ1) is 18.8. The molecule has 10 nitrogen and oxygen atoms in total. The van der Waals surface area contributed by atoms with Crippen molar-refractivity contribution in [2.75, 3.05) is 18.5 Å². The molecule has 0 aliphatic rings. The maximum Gasteiger partial charge on any atom is 0.315 e. The van der Waals surface area contributed by atoms with Crippen molar-refractivity contribution in [1.82, 2.24) is 30.5 Å². The molecule has 3 amide bonds. The molecule has 0 fully saturated rings. The van der Waals surface area contributed by atoms with E-state index in [4.69, 9.17) is 5.11 Å². The summed E-state index contributed by atoms with van der Waals surface area (Å²) in [6.07, 6.45) is 3.42. The van der Waals surface area contributed by atoms with Gasteiger partial charge in [-0.25, -0.2) is 19.2 Å². The third-order valence-corrected chi connectivity index (χ3v) is 5.84. The first-order valence-electron chi connectivity index (χ1n) is 12.7. The van der Waals surface area contributed by atoms with Gasteiger partial charge >= 0.3 is 6.03 Å². The number of aliphatic hydroxyl groups is 1. The summed E-state index contributed by atoms with van der Waals surface area (Å²) in [4.78, 5) is 33.9. The number of hydrogen-bond donors (Lipinski definition) is 5. The number of aromatic nitrogens is 3. The van der Waals surface area contributed by atoms with Crippen LogP contribution in [0.5, 0.6) is 0 Å². The van der Waals surface area contributed by atoms with Gasteiger partial charge in [0.1, 0.15) is 17.6 Å². The zero-order valence-electron chi connectivity index (χ0n) is 21.8. The van der Waals surface area contributed by atoms with Gasteiger partial charge in [-0.1, -0.05) is 30.3 Å². The van der Waals surface area contributed by atoms with Crippen LogP contribution in [0.1, 0.15) is 35.3 Å². The second-order valence-electron chi connectivity index (χ2n) is 9.34. The van der Waals surface area contributed by atoms with E-state index in [0.717, 1.165) is 16.5 Å². The zero-order valence-corrected chi connectivity index (χ0v) is 21.8. The molecule has 0 saturated carbocycles. The van der Waals surface area contributed by atoms with Gasteiger partial charge in [-0.05, 0) is 37.1 Å². The number of rotatable bonds is 11. The van der Waals surface area contributed by atoms with Crippen molar-refractivity contribution in [2.24, 2.45) is 0 Å². The van der Waals surface area contributed by atoms with Crippen molar-refractivity contribution in [3.8, 4) is 5.82 Å². The van der Waals surface area contributed by atoms with E-state index in [-0.39, 0.29) is 24.2 Å². The monoisotopic (exact) mass is 533 g/mol. The van der Waals surface area contributed by atoms with Crippen molar-refractivity contribution in [2.45, 2.75) is 39.2 Å². The van der Waals surface area contributed by atoms with E-state index >= 15 is 0 Å². The third kappa shape index (κ3) is 7.29. The van der Waals surface area contributed by atoms with Crippen molar-refractivity contribution >= 4 is 28.7 Å². The summed E-state index contributed by atoms with van der Waals surface area (Å²) in [5, 5.41) is 21.1. The fourth-order valence-corrected chi connectivity index (χ4v) is 3.92. The number of carbonyl (C=O) groups is 2. The molecule has 3 aromatic heterocycles. The number of urea groups is 1. The van der Waals surface area contributed by atoms with Crippen LogP contribution in [0, 0.1) is 0 Å². The predicted octanol–water partition coefficient (Wildman–Crippen LogP) is 3.30. The number of fused-ring (bicyclic) bond motifs is 1. The fourth-order valence-electron chi connectivity index (χ4n) is 3.92. The molecule has 1 atom stereocenters. The molecule has 0 radical (unpaired) electrons. The van der Waals surface area contributed by atoms with E-state index in [2.05, 4.69) is 31.2 Å². The van der Waals surface area contributed by atoms with Crippen LogP contribution in [0.3, 0.4) is 0 Å². The largest absolute Gasteiger partial charge is 0.393 e. The summed E-state index contributed by atoms with van der Waals surface area (Å²) < 4.78 is 15.2. The van der Waals surface area contributed by atoms with E-state index in [9.17, 15) is 14.0 Å². The number of alkyl halides is 1. The summed E-state index contributed by atoms with van der Waals surface area (Å²) in [6.45, 7) is 3.67. The Morgan fingerprint density at radius 1 is 0.974 bits per heavy atom. The summed E-state index contributed by atoms with van der Waals surface area (Å²) in [6, 6.07) is 15.0. The van der Waals surface area contributed by atoms with Crippen molar-refractivity contribution in [3.63, 3.8) is 0 Å². The Bertz CT molecular complexity index is 1430. The topological polar surface area (TPSA) is 133 Å². The molecular formula is C28H32FN7O3. The van der Waals surface area contributed by atoms with Crippen LogP contribution in [-0.4, -0.2) is 56.9 Å². The Labute approximate surface area is 225 Å². The molecule has 0 unspecified atom stereocenters. The summed E-state index contributed by atoms with van der Waals surface area (Å²) in [5.41, 5.74) is 3.32. The van der Waals surface area contributed by atoms with Gasteiger partial charge in [-0.3, -0.25) is 9.36 Å². The standard InChI is InChI=1S/C28H32FN7O3/c1-18(2)35-24-11-25(30-16-23(24)27(38)32-15-22(29)17-37)36-9-8-21-10-20(13-31-26(21)36)14-34-28(39)33-12-19-6-4-3-5-7-19/h3-11,13,16,18,22,37H,12,14-15,17H2,1-2H3,(H,30,35)(H,32,38)(H2,33,34,39)/t22-/m1/s1. The van der Waals surface area contributed by atoms with E-state index in [1.165, 1.54) is 6.20 Å². The van der Waals surface area contributed by atoms with Crippen LogP contribution >= 0.6 is 0 Å². The van der Waals surface area contributed by atoms with Crippen LogP contribution in [0.15, 0.2) is 67.1 Å². The number of nitrogens with zero attached hydrogens (tertiary/aromatic N) is 3. The van der Waals surface area contributed by atoms with E-state index in [1.54, 1.807) is 16.8 Å². The lowest BCUT2D eigenvalue weighted by Crippen LogP contribution is -2.34. The Kier molecular flexibility index (Phi) is 9.06. The van der Waals surface area contributed by atoms with E-state index < -0.39 is 18.7 Å². The van der Waals surface area contributed by atoms with Gasteiger partial charge < -0.3 is 26.4 Å². The molecular weight excluding hydrogens is 501 g/mol. The maximum atomic E-state index is 13.4. The smallest absolute Gasteiger partial charge is 0.315 e. The van der Waals surface area contributed by atoms with Crippen molar-refractivity contribution in [1.29, 1.82) is 0 Å². The van der Waals surface area contributed by atoms with Crippen LogP contribution in [-0.2, 0) is 13.1 Å². The highest BCUT2D eigenvalue weighted by atomic mass is 19.1. The Morgan fingerprint density at radius 3 is 2.44 bits per heavy atom. The van der Waals surface area contributed by atoms with Gasteiger partial charge in [-0.15, -0.1) is 0 Å². The number of amides is 3. The number of pyridine rings is 2. The minimum Gasteiger partial charge on any atom is -0.393 e. The first-order valence-corrected chi connectivity index (χ1v) is 12.7. The van der Waals surface area contributed by atoms with Crippen molar-refractivity contribution < 1.29 is 19.1 Å². The lowest BCUT2D eigenvalue weighted by Gasteiger charge is -2.16. The zero-order chi connectivity index (χ0) is 27.8. The third-order valence-electron chi connectivity index (χ3n) is 5.84. The van der Waals surface area contributed by atoms with Crippen molar-refractivity contribution in [3.05, 3.63) is 83.8 Å². The number of benzene rings is 1. The highest BCUT2D eigenvalue weighted by Gasteiger charge is 2.17. The Balaban J connectivity index is 1.46. The molecule has 1 aromatic carbocycles. The van der Waals surface area contributed by atoms with Gasteiger partial charge in [0.2, 0.25) is 0 Å². The van der Waals surface area contributed by atoms with E-state index in [0.29, 0.717) is 30.2 Å². The van der Waals surface area contributed by atoms with Gasteiger partial charge in [0.15, 0.2) is 0 Å². The minimum absolute atomic E-state index is 0.0256. The Hall–Kier alpha value is -4.51. The molecule has 3 heterocycles. The number of aliphatic hydroxyl groups excluding tert-OH is 1. The van der Waals surface area contributed by atoms with Crippen LogP contribution in [0.25, 0.3) is 16.9 Å². The average Bonchev–Trinajstić information content (AvgIpc) is 3.37. The lowest BCUT2D eigenvalue weighted by molar-refractivity contribution is 0.0928. The predicted molar refractivity (Wildman–Crippen MR) is 147 cm³/mol. The fraction of sp³-hybridized carbons (Fsp3) is 0.286. The van der Waals surface area contributed by atoms with Crippen LogP contribution in [0.4, 0.5) is 14.9 Å². The maximum absolute atomic E-state index is 13.4. The number of nitrogens with one attached hydrogen (secondary N) is 4. The van der Waals surface area contributed by atoms with E-state index in [1.807, 2.05) is 62.5 Å².